The van der Waals surface area contributed by atoms with Gasteiger partial charge in [0.1, 0.15) is 6.07 Å². The average molecular weight is 328 g/mol. The number of nitrogens with one attached hydrogen (secondary N) is 1. The summed E-state index contributed by atoms with van der Waals surface area (Å²) >= 11 is 5.91. The van der Waals surface area contributed by atoms with Gasteiger partial charge in [-0.1, -0.05) is 18.0 Å². The van der Waals surface area contributed by atoms with E-state index in [9.17, 15) is 8.42 Å². The molecule has 7 heteroatoms. The summed E-state index contributed by atoms with van der Waals surface area (Å²) in [7, 11) is -2.02. The molecule has 1 heterocycles. The van der Waals surface area contributed by atoms with Gasteiger partial charge >= 0.3 is 0 Å². The highest BCUT2D eigenvalue weighted by Crippen LogP contribution is 2.23. The van der Waals surface area contributed by atoms with Crippen molar-refractivity contribution in [3.63, 3.8) is 0 Å². The van der Waals surface area contributed by atoms with Gasteiger partial charge in [-0.05, 0) is 37.6 Å². The Morgan fingerprint density at radius 2 is 2.24 bits per heavy atom. The van der Waals surface area contributed by atoms with Crippen molar-refractivity contribution in [1.82, 2.24) is 9.62 Å². The van der Waals surface area contributed by atoms with Gasteiger partial charge in [-0.2, -0.15) is 9.57 Å². The molecule has 114 valence electrons. The molecule has 1 saturated heterocycles. The minimum atomic E-state index is -3.59. The molecule has 2 rings (SSSR count). The largest absolute Gasteiger partial charge is 0.313 e. The fourth-order valence-corrected chi connectivity index (χ4v) is 3.95. The van der Waals surface area contributed by atoms with Crippen LogP contribution in [0.25, 0.3) is 0 Å². The monoisotopic (exact) mass is 327 g/mol. The van der Waals surface area contributed by atoms with E-state index in [0.717, 1.165) is 25.8 Å². The van der Waals surface area contributed by atoms with Gasteiger partial charge < -0.3 is 5.32 Å². The van der Waals surface area contributed by atoms with Crippen LogP contribution in [0.1, 0.15) is 24.8 Å². The Kier molecular flexibility index (Phi) is 5.22. The third kappa shape index (κ3) is 3.74. The first-order chi connectivity index (χ1) is 9.95. The van der Waals surface area contributed by atoms with E-state index in [1.807, 2.05) is 6.07 Å². The summed E-state index contributed by atoms with van der Waals surface area (Å²) in [4.78, 5) is 0.116. The second kappa shape index (κ2) is 6.75. The van der Waals surface area contributed by atoms with Crippen LogP contribution in [0.15, 0.2) is 23.1 Å². The van der Waals surface area contributed by atoms with Crippen LogP contribution in [0.3, 0.4) is 0 Å². The van der Waals surface area contributed by atoms with Crippen molar-refractivity contribution in [2.75, 3.05) is 20.1 Å². The van der Waals surface area contributed by atoms with Gasteiger partial charge in [-0.15, -0.1) is 0 Å². The highest BCUT2D eigenvalue weighted by molar-refractivity contribution is 7.89. The van der Waals surface area contributed by atoms with E-state index >= 15 is 0 Å². The Labute approximate surface area is 130 Å². The van der Waals surface area contributed by atoms with Gasteiger partial charge in [0.2, 0.25) is 10.0 Å². The van der Waals surface area contributed by atoms with E-state index in [0.29, 0.717) is 6.54 Å². The number of rotatable bonds is 4. The summed E-state index contributed by atoms with van der Waals surface area (Å²) < 4.78 is 26.4. The quantitative estimate of drug-likeness (QED) is 0.917. The predicted molar refractivity (Wildman–Crippen MR) is 81.6 cm³/mol. The minimum Gasteiger partial charge on any atom is -0.313 e. The molecule has 0 aliphatic carbocycles. The van der Waals surface area contributed by atoms with Crippen LogP contribution >= 0.6 is 11.6 Å². The van der Waals surface area contributed by atoms with Crippen LogP contribution in [-0.2, 0) is 10.0 Å². The summed E-state index contributed by atoms with van der Waals surface area (Å²) in [5.41, 5.74) is 0.271. The van der Waals surface area contributed by atoms with E-state index in [-0.39, 0.29) is 21.5 Å². The predicted octanol–water partition coefficient (Wildman–Crippen LogP) is 1.97. The lowest BCUT2D eigenvalue weighted by atomic mass is 10.1. The number of halogens is 1. The molecular formula is C14H18ClN3O2S. The molecule has 1 aromatic carbocycles. The maximum absolute atomic E-state index is 12.5. The molecular weight excluding hydrogens is 310 g/mol. The number of benzene rings is 1. The molecule has 1 aliphatic rings. The zero-order chi connectivity index (χ0) is 15.5. The van der Waals surface area contributed by atoms with Crippen molar-refractivity contribution in [3.8, 4) is 6.07 Å². The van der Waals surface area contributed by atoms with Crippen LogP contribution in [0.4, 0.5) is 0 Å². The van der Waals surface area contributed by atoms with Crippen molar-refractivity contribution in [3.05, 3.63) is 28.8 Å². The van der Waals surface area contributed by atoms with Gasteiger partial charge in [-0.3, -0.25) is 0 Å². The number of hydrogen-bond donors (Lipinski definition) is 1. The summed E-state index contributed by atoms with van der Waals surface area (Å²) in [6.07, 6.45) is 3.24. The first-order valence-corrected chi connectivity index (χ1v) is 8.66. The highest BCUT2D eigenvalue weighted by Gasteiger charge is 2.25. The van der Waals surface area contributed by atoms with Gasteiger partial charge in [-0.25, -0.2) is 8.42 Å². The van der Waals surface area contributed by atoms with Crippen molar-refractivity contribution < 1.29 is 8.42 Å². The van der Waals surface area contributed by atoms with Crippen molar-refractivity contribution in [1.29, 1.82) is 5.26 Å². The van der Waals surface area contributed by atoms with Crippen LogP contribution in [0.2, 0.25) is 5.02 Å². The molecule has 0 saturated carbocycles. The summed E-state index contributed by atoms with van der Waals surface area (Å²) in [6.45, 7) is 1.36. The number of piperidine rings is 1. The Bertz CT molecular complexity index is 649. The molecule has 1 N–H and O–H groups in total. The molecule has 0 bridgehead atoms. The van der Waals surface area contributed by atoms with E-state index < -0.39 is 10.0 Å². The van der Waals surface area contributed by atoms with Crippen molar-refractivity contribution in [2.24, 2.45) is 0 Å². The first-order valence-electron chi connectivity index (χ1n) is 6.84. The maximum Gasteiger partial charge on any atom is 0.242 e. The molecule has 1 unspecified atom stereocenters. The zero-order valence-electron chi connectivity index (χ0n) is 11.8. The molecule has 1 aromatic rings. The Morgan fingerprint density at radius 1 is 1.48 bits per heavy atom. The Hall–Kier alpha value is -1.13. The van der Waals surface area contributed by atoms with E-state index in [4.69, 9.17) is 16.9 Å². The number of nitrogens with zero attached hydrogens (tertiary/aromatic N) is 2. The molecule has 0 amide bonds. The number of sulfonamides is 1. The van der Waals surface area contributed by atoms with E-state index in [1.165, 1.54) is 22.5 Å². The maximum atomic E-state index is 12.5. The average Bonchev–Trinajstić information content (AvgIpc) is 2.48. The molecule has 1 atom stereocenters. The molecule has 0 aromatic heterocycles. The SMILES string of the molecule is CN(CC1CCCCN1)S(=O)(=O)c1ccc(C#N)c(Cl)c1. The summed E-state index contributed by atoms with van der Waals surface area (Å²) in [5, 5.41) is 12.3. The van der Waals surface area contributed by atoms with Gasteiger partial charge in [0.05, 0.1) is 15.5 Å². The van der Waals surface area contributed by atoms with Crippen molar-refractivity contribution in [2.45, 2.75) is 30.2 Å². The number of likely N-dealkylation sites (N-methyl/N-ethyl adjacent to an activating group) is 1. The molecule has 1 fully saturated rings. The van der Waals surface area contributed by atoms with Gasteiger partial charge in [0, 0.05) is 19.6 Å². The summed E-state index contributed by atoms with van der Waals surface area (Å²) in [6, 6.07) is 6.29. The fourth-order valence-electron chi connectivity index (χ4n) is 2.42. The van der Waals surface area contributed by atoms with Crippen LogP contribution in [0.5, 0.6) is 0 Å². The van der Waals surface area contributed by atoms with Crippen LogP contribution in [-0.4, -0.2) is 38.9 Å². The Morgan fingerprint density at radius 3 is 2.81 bits per heavy atom. The summed E-state index contributed by atoms with van der Waals surface area (Å²) in [5.74, 6) is 0. The topological polar surface area (TPSA) is 73.2 Å². The second-order valence-electron chi connectivity index (χ2n) is 5.19. The first kappa shape index (κ1) is 16.2. The van der Waals surface area contributed by atoms with Gasteiger partial charge in [0.25, 0.3) is 0 Å². The van der Waals surface area contributed by atoms with Crippen LogP contribution < -0.4 is 5.32 Å². The minimum absolute atomic E-state index is 0.116. The highest BCUT2D eigenvalue weighted by atomic mass is 35.5. The lowest BCUT2D eigenvalue weighted by Crippen LogP contribution is -2.44. The third-order valence-electron chi connectivity index (χ3n) is 3.66. The number of hydrogen-bond acceptors (Lipinski definition) is 4. The molecule has 1 aliphatic heterocycles. The van der Waals surface area contributed by atoms with Crippen molar-refractivity contribution >= 4 is 21.6 Å². The van der Waals surface area contributed by atoms with Crippen LogP contribution in [0, 0.1) is 11.3 Å². The van der Waals surface area contributed by atoms with E-state index in [1.54, 1.807) is 7.05 Å². The fraction of sp³-hybridized carbons (Fsp3) is 0.500. The smallest absolute Gasteiger partial charge is 0.242 e. The third-order valence-corrected chi connectivity index (χ3v) is 5.79. The molecule has 0 spiro atoms. The van der Waals surface area contributed by atoms with Gasteiger partial charge in [0.15, 0.2) is 0 Å². The lowest BCUT2D eigenvalue weighted by molar-refractivity contribution is 0.337. The molecule has 0 radical (unpaired) electrons. The Balaban J connectivity index is 2.16. The second-order valence-corrected chi connectivity index (χ2v) is 7.64. The zero-order valence-corrected chi connectivity index (χ0v) is 13.4. The molecule has 21 heavy (non-hydrogen) atoms. The lowest BCUT2D eigenvalue weighted by Gasteiger charge is -2.27. The normalized spacial score (nSPS) is 19.4. The number of nitriles is 1. The standard InChI is InChI=1S/C14H18ClN3O2S/c1-18(10-12-4-2-3-7-17-12)21(19,20)13-6-5-11(9-16)14(15)8-13/h5-6,8,12,17H,2-4,7,10H2,1H3. The molecule has 5 nitrogen and oxygen atoms in total. The van der Waals surface area contributed by atoms with E-state index in [2.05, 4.69) is 5.32 Å².